The second kappa shape index (κ2) is 14.4. The first kappa shape index (κ1) is 24.5. The van der Waals surface area contributed by atoms with E-state index in [1.807, 2.05) is 13.3 Å². The molecule has 5 unspecified atom stereocenters. The summed E-state index contributed by atoms with van der Waals surface area (Å²) in [5, 5.41) is 3.74. The van der Waals surface area contributed by atoms with Gasteiger partial charge in [-0.15, -0.1) is 0 Å². The van der Waals surface area contributed by atoms with Gasteiger partial charge >= 0.3 is 0 Å². The van der Waals surface area contributed by atoms with E-state index < -0.39 is 0 Å². The fourth-order valence-electron chi connectivity index (χ4n) is 3.62. The summed E-state index contributed by atoms with van der Waals surface area (Å²) in [5.41, 5.74) is 1.38. The third kappa shape index (κ3) is 9.98. The predicted octanol–water partition coefficient (Wildman–Crippen LogP) is 5.35. The molecule has 0 saturated carbocycles. The summed E-state index contributed by atoms with van der Waals surface area (Å²) in [5.74, 6) is 1.18. The van der Waals surface area contributed by atoms with Crippen LogP contribution < -0.4 is 5.32 Å². The molecular formula is C22H41BrN4. The Balaban J connectivity index is 2.75. The van der Waals surface area contributed by atoms with Crippen LogP contribution in [0.5, 0.6) is 0 Å². The van der Waals surface area contributed by atoms with Gasteiger partial charge in [0.1, 0.15) is 0 Å². The molecule has 1 aliphatic rings. The first-order chi connectivity index (χ1) is 13.0. The standard InChI is InChI=1S/C22H41BrN4/c1-6-8-11-20(7-2)22(27-18(4)21(23)16-24-5)13-17(3)26-15-19-10-9-12-25-14-19/h14,16-21,26H,6-13,15H2,1-5H3/b24-16-,27-22+. The minimum Gasteiger partial charge on any atom is -0.313 e. The quantitative estimate of drug-likeness (QED) is 0.304. The van der Waals surface area contributed by atoms with E-state index in [2.05, 4.69) is 65.1 Å². The number of aliphatic imine (C=N–C) groups is 3. The van der Waals surface area contributed by atoms with E-state index in [4.69, 9.17) is 4.99 Å². The minimum absolute atomic E-state index is 0.197. The Morgan fingerprint density at radius 1 is 1.37 bits per heavy atom. The van der Waals surface area contributed by atoms with Crippen molar-refractivity contribution in [3.63, 3.8) is 0 Å². The summed E-state index contributed by atoms with van der Waals surface area (Å²) in [4.78, 5) is 14.0. The lowest BCUT2D eigenvalue weighted by Gasteiger charge is -2.25. The molecule has 0 aromatic rings. The Kier molecular flexibility index (Phi) is 13.1. The number of unbranched alkanes of at least 4 members (excludes halogenated alkanes) is 1. The molecule has 1 N–H and O–H groups in total. The first-order valence-electron chi connectivity index (χ1n) is 10.9. The highest BCUT2D eigenvalue weighted by molar-refractivity contribution is 9.10. The van der Waals surface area contributed by atoms with Gasteiger partial charge in [-0.1, -0.05) is 42.6 Å². The monoisotopic (exact) mass is 440 g/mol. The van der Waals surface area contributed by atoms with Crippen molar-refractivity contribution >= 4 is 34.1 Å². The fraction of sp³-hybridized carbons (Fsp3) is 0.864. The summed E-state index contributed by atoms with van der Waals surface area (Å²) in [6.07, 6.45) is 12.5. The second-order valence-corrected chi connectivity index (χ2v) is 8.99. The Hall–Kier alpha value is -0.550. The van der Waals surface area contributed by atoms with Crippen molar-refractivity contribution < 1.29 is 0 Å². The van der Waals surface area contributed by atoms with Gasteiger partial charge in [0.15, 0.2) is 0 Å². The van der Waals surface area contributed by atoms with Crippen molar-refractivity contribution in [3.05, 3.63) is 0 Å². The SMILES string of the molecule is CCCCC(CC)/C(CC(C)NCC1C=NCCC1)=N/C(C)C(Br)/C=N\C. The number of alkyl halides is 1. The zero-order valence-corrected chi connectivity index (χ0v) is 19.7. The largest absolute Gasteiger partial charge is 0.313 e. The van der Waals surface area contributed by atoms with Crippen molar-refractivity contribution in [1.82, 2.24) is 5.32 Å². The molecule has 0 amide bonds. The van der Waals surface area contributed by atoms with Gasteiger partial charge in [-0.05, 0) is 45.4 Å². The second-order valence-electron chi connectivity index (χ2n) is 7.93. The van der Waals surface area contributed by atoms with Crippen LogP contribution in [0, 0.1) is 11.8 Å². The van der Waals surface area contributed by atoms with Crippen LogP contribution in [0.25, 0.3) is 0 Å². The molecule has 0 radical (unpaired) electrons. The Morgan fingerprint density at radius 3 is 2.74 bits per heavy atom. The van der Waals surface area contributed by atoms with Gasteiger partial charge in [-0.3, -0.25) is 15.0 Å². The zero-order valence-electron chi connectivity index (χ0n) is 18.1. The highest BCUT2D eigenvalue weighted by Gasteiger charge is 2.20. The Morgan fingerprint density at radius 2 is 2.15 bits per heavy atom. The smallest absolute Gasteiger partial charge is 0.0714 e. The molecule has 4 nitrogen and oxygen atoms in total. The van der Waals surface area contributed by atoms with E-state index in [1.165, 1.54) is 44.2 Å². The topological polar surface area (TPSA) is 49.1 Å². The predicted molar refractivity (Wildman–Crippen MR) is 125 cm³/mol. The maximum absolute atomic E-state index is 5.17. The van der Waals surface area contributed by atoms with E-state index in [0.29, 0.717) is 17.9 Å². The minimum atomic E-state index is 0.197. The van der Waals surface area contributed by atoms with Crippen molar-refractivity contribution in [3.8, 4) is 0 Å². The molecule has 0 spiro atoms. The van der Waals surface area contributed by atoms with Crippen LogP contribution in [-0.4, -0.2) is 55.2 Å². The molecule has 0 bridgehead atoms. The highest BCUT2D eigenvalue weighted by atomic mass is 79.9. The highest BCUT2D eigenvalue weighted by Crippen LogP contribution is 2.20. The molecule has 0 saturated heterocycles. The van der Waals surface area contributed by atoms with Gasteiger partial charge < -0.3 is 5.32 Å². The third-order valence-electron chi connectivity index (χ3n) is 5.41. The maximum Gasteiger partial charge on any atom is 0.0714 e. The van der Waals surface area contributed by atoms with Crippen molar-refractivity contribution in [1.29, 1.82) is 0 Å². The van der Waals surface area contributed by atoms with Crippen molar-refractivity contribution in [2.75, 3.05) is 20.1 Å². The molecule has 156 valence electrons. The van der Waals surface area contributed by atoms with Gasteiger partial charge in [0.2, 0.25) is 0 Å². The summed E-state index contributed by atoms with van der Waals surface area (Å²) in [6.45, 7) is 11.1. The van der Waals surface area contributed by atoms with E-state index in [9.17, 15) is 0 Å². The number of hydrogen-bond acceptors (Lipinski definition) is 4. The molecule has 1 rings (SSSR count). The third-order valence-corrected chi connectivity index (χ3v) is 6.42. The molecule has 27 heavy (non-hydrogen) atoms. The van der Waals surface area contributed by atoms with Gasteiger partial charge in [0, 0.05) is 56.7 Å². The van der Waals surface area contributed by atoms with Gasteiger partial charge in [0.05, 0.1) is 10.9 Å². The fourth-order valence-corrected chi connectivity index (χ4v) is 3.97. The average molecular weight is 442 g/mol. The molecule has 1 heterocycles. The summed E-state index contributed by atoms with van der Waals surface area (Å²) >= 11 is 3.72. The zero-order chi connectivity index (χ0) is 20.1. The Labute approximate surface area is 176 Å². The number of nitrogens with zero attached hydrogens (tertiary/aromatic N) is 3. The Bertz CT molecular complexity index is 475. The van der Waals surface area contributed by atoms with Crippen LogP contribution >= 0.6 is 15.9 Å². The van der Waals surface area contributed by atoms with Crippen LogP contribution in [0.15, 0.2) is 15.0 Å². The number of rotatable bonds is 13. The lowest BCUT2D eigenvalue weighted by molar-refractivity contribution is 0.471. The van der Waals surface area contributed by atoms with Crippen molar-refractivity contribution in [2.24, 2.45) is 26.8 Å². The van der Waals surface area contributed by atoms with E-state index in [0.717, 1.165) is 19.5 Å². The van der Waals surface area contributed by atoms with Crippen LogP contribution in [0.4, 0.5) is 0 Å². The molecule has 0 aromatic carbocycles. The molecule has 0 aromatic heterocycles. The van der Waals surface area contributed by atoms with Gasteiger partial charge in [-0.2, -0.15) is 0 Å². The maximum atomic E-state index is 5.17. The molecule has 1 aliphatic heterocycles. The van der Waals surface area contributed by atoms with Crippen molar-refractivity contribution in [2.45, 2.75) is 89.6 Å². The number of nitrogens with one attached hydrogen (secondary N) is 1. The number of hydrogen-bond donors (Lipinski definition) is 1. The lowest BCUT2D eigenvalue weighted by atomic mass is 9.90. The lowest BCUT2D eigenvalue weighted by Crippen LogP contribution is -2.36. The van der Waals surface area contributed by atoms with Crippen LogP contribution in [0.1, 0.15) is 72.6 Å². The molecule has 5 atom stereocenters. The van der Waals surface area contributed by atoms with E-state index in [-0.39, 0.29) is 10.9 Å². The van der Waals surface area contributed by atoms with Gasteiger partial charge in [0.25, 0.3) is 0 Å². The molecule has 0 fully saturated rings. The summed E-state index contributed by atoms with van der Waals surface area (Å²) in [7, 11) is 1.82. The molecular weight excluding hydrogens is 400 g/mol. The summed E-state index contributed by atoms with van der Waals surface area (Å²) < 4.78 is 0. The van der Waals surface area contributed by atoms with Crippen LogP contribution in [0.3, 0.4) is 0 Å². The van der Waals surface area contributed by atoms with Crippen LogP contribution in [-0.2, 0) is 0 Å². The summed E-state index contributed by atoms with van der Waals surface area (Å²) in [6, 6.07) is 0.646. The normalized spacial score (nSPS) is 22.7. The number of halogens is 1. The molecule has 0 aliphatic carbocycles. The van der Waals surface area contributed by atoms with E-state index >= 15 is 0 Å². The molecule has 5 heteroatoms. The van der Waals surface area contributed by atoms with Gasteiger partial charge in [-0.25, -0.2) is 0 Å². The van der Waals surface area contributed by atoms with Crippen LogP contribution in [0.2, 0.25) is 0 Å². The average Bonchev–Trinajstić information content (AvgIpc) is 2.67. The first-order valence-corrected chi connectivity index (χ1v) is 11.8. The van der Waals surface area contributed by atoms with E-state index in [1.54, 1.807) is 0 Å².